The van der Waals surface area contributed by atoms with Gasteiger partial charge in [-0.25, -0.2) is 0 Å². The van der Waals surface area contributed by atoms with Gasteiger partial charge in [-0.1, -0.05) is 181 Å². The van der Waals surface area contributed by atoms with Gasteiger partial charge in [-0.2, -0.15) is 0 Å². The second-order valence-corrected chi connectivity index (χ2v) is 21.8. The lowest BCUT2D eigenvalue weighted by atomic mass is 9.85. The lowest BCUT2D eigenvalue weighted by molar-refractivity contribution is -0.143. The normalized spacial score (nSPS) is 13.2. The summed E-state index contributed by atoms with van der Waals surface area (Å²) in [6, 6.07) is 19.5. The fourth-order valence-electron chi connectivity index (χ4n) is 4.32. The summed E-state index contributed by atoms with van der Waals surface area (Å²) in [6.45, 7) is 47.2. The molecule has 2 N–H and O–H groups in total. The fourth-order valence-corrected chi connectivity index (χ4v) is 4.32. The number of carbonyl (C=O) groups excluding carboxylic acids is 3. The Morgan fingerprint density at radius 2 is 1.02 bits per heavy atom. The molecule has 2 aromatic rings. The highest BCUT2D eigenvalue weighted by Gasteiger charge is 2.30. The Balaban J connectivity index is -0.000000683. The van der Waals surface area contributed by atoms with Gasteiger partial charge >= 0.3 is 0 Å². The molecule has 1 saturated heterocycles. The van der Waals surface area contributed by atoms with Crippen molar-refractivity contribution in [2.24, 2.45) is 38.4 Å². The first-order chi connectivity index (χ1) is 26.6. The van der Waals surface area contributed by atoms with E-state index in [9.17, 15) is 14.4 Å². The average molecular weight is 827 g/mol. The molecular weight excluding hydrogens is 737 g/mol. The van der Waals surface area contributed by atoms with Crippen LogP contribution in [0.4, 0.5) is 11.4 Å². The van der Waals surface area contributed by atoms with Crippen LogP contribution < -0.4 is 4.90 Å². The van der Waals surface area contributed by atoms with E-state index < -0.39 is 5.41 Å². The molecule has 59 heavy (non-hydrogen) atoms. The molecule has 0 unspecified atom stereocenters. The maximum absolute atomic E-state index is 12.7. The number of hydrogen-bond donors (Lipinski definition) is 2. The van der Waals surface area contributed by atoms with Crippen LogP contribution in [0.1, 0.15) is 145 Å². The summed E-state index contributed by atoms with van der Waals surface area (Å²) in [5, 5.41) is 16.8. The zero-order chi connectivity index (χ0) is 47.1. The number of carbonyl (C=O) groups is 3. The largest absolute Gasteiger partial charge is 0.396 e. The van der Waals surface area contributed by atoms with E-state index in [0.29, 0.717) is 36.4 Å². The van der Waals surface area contributed by atoms with Gasteiger partial charge in [-0.15, -0.1) is 6.58 Å². The quantitative estimate of drug-likeness (QED) is 0.297. The number of morpholine rings is 1. The molecule has 0 spiro atoms. The molecule has 1 aliphatic rings. The molecule has 1 aliphatic heterocycles. The molecule has 3 rings (SSSR count). The van der Waals surface area contributed by atoms with Crippen LogP contribution in [0.3, 0.4) is 0 Å². The number of ketones is 1. The maximum Gasteiger partial charge on any atom is 0.236 e. The number of nitrogens with zero attached hydrogens (tertiary/aromatic N) is 2. The molecule has 0 aromatic heterocycles. The topological polar surface area (TPSA) is 107 Å². The Labute approximate surface area is 363 Å². The number of Topliss-reactive ketones (excluding diaryl/α,β-unsaturated/α-hetero) is 1. The van der Waals surface area contributed by atoms with Crippen LogP contribution in [0.2, 0.25) is 0 Å². The molecule has 0 radical (unpaired) electrons. The van der Waals surface area contributed by atoms with Crippen LogP contribution in [0.15, 0.2) is 73.3 Å². The molecule has 2 aromatic carbocycles. The van der Waals surface area contributed by atoms with Gasteiger partial charge in [-0.3, -0.25) is 19.3 Å². The van der Waals surface area contributed by atoms with Crippen molar-refractivity contribution in [1.29, 1.82) is 0 Å². The van der Waals surface area contributed by atoms with Gasteiger partial charge in [0.15, 0.2) is 0 Å². The minimum absolute atomic E-state index is 0.0879. The Bertz CT molecular complexity index is 1380. The number of aliphatic hydroxyl groups excluding tert-OH is 2. The fraction of sp³-hybridized carbons (Fsp3) is 0.667. The molecule has 0 atom stereocenters. The second-order valence-electron chi connectivity index (χ2n) is 21.8. The minimum atomic E-state index is -0.425. The third kappa shape index (κ3) is 32.2. The number of allylic oxidation sites excluding steroid dienone is 1. The summed E-state index contributed by atoms with van der Waals surface area (Å²) in [6.07, 6.45) is 2.83. The first kappa shape index (κ1) is 60.0. The van der Waals surface area contributed by atoms with Crippen LogP contribution in [0.25, 0.3) is 0 Å². The number of benzene rings is 2. The third-order valence-corrected chi connectivity index (χ3v) is 8.03. The standard InChI is InChI=1S/C17H19NO.C9H17NO2.C8H16O.C6H14O.C6H12.C5H12O/c1-17(2,3)16(19)18(14-10-6-4-7-11-14)15-12-8-5-9-13-15;1-9(2,3)8(11)10-4-6-12-7-5-10;1-6(2)7(9)8(3,4)5;1-6(2,3)4-5-7;1-5-6(2,3)4;1-5(2,3)4-6/h4-13H,1-3H3;4-7H2,1-3H3;6H,1-5H3;7H,4-5H2,1-3H3;5H,1H2,2-4H3;6H,4H2,1-3H3. The first-order valence-electron chi connectivity index (χ1n) is 21.3. The molecule has 1 heterocycles. The molecule has 0 aliphatic carbocycles. The molecular formula is C51H90N2O6. The maximum atomic E-state index is 12.7. The monoisotopic (exact) mass is 827 g/mol. The second kappa shape index (κ2) is 27.5. The Kier molecular flexibility index (Phi) is 28.0. The van der Waals surface area contributed by atoms with Crippen LogP contribution >= 0.6 is 0 Å². The van der Waals surface area contributed by atoms with Gasteiger partial charge in [0.25, 0.3) is 0 Å². The highest BCUT2D eigenvalue weighted by Crippen LogP contribution is 2.30. The number of rotatable bonds is 4. The Morgan fingerprint density at radius 3 is 1.20 bits per heavy atom. The van der Waals surface area contributed by atoms with E-state index in [0.717, 1.165) is 30.9 Å². The van der Waals surface area contributed by atoms with Gasteiger partial charge in [-0.05, 0) is 46.9 Å². The zero-order valence-corrected chi connectivity index (χ0v) is 41.5. The molecule has 0 saturated carbocycles. The van der Waals surface area contributed by atoms with E-state index >= 15 is 0 Å². The summed E-state index contributed by atoms with van der Waals surface area (Å²) in [5.41, 5.74) is 1.66. The summed E-state index contributed by atoms with van der Waals surface area (Å²) >= 11 is 0. The average Bonchev–Trinajstić information content (AvgIpc) is 3.11. The number of para-hydroxylation sites is 2. The van der Waals surface area contributed by atoms with Crippen LogP contribution in [-0.2, 0) is 19.1 Å². The minimum Gasteiger partial charge on any atom is -0.396 e. The molecule has 340 valence electrons. The van der Waals surface area contributed by atoms with Crippen molar-refractivity contribution in [3.8, 4) is 0 Å². The van der Waals surface area contributed by atoms with E-state index in [4.69, 9.17) is 14.9 Å². The summed E-state index contributed by atoms with van der Waals surface area (Å²) in [5.74, 6) is 0.822. The highest BCUT2D eigenvalue weighted by atomic mass is 16.5. The number of amides is 2. The highest BCUT2D eigenvalue weighted by molar-refractivity contribution is 6.03. The van der Waals surface area contributed by atoms with Crippen molar-refractivity contribution in [2.45, 2.75) is 145 Å². The summed E-state index contributed by atoms with van der Waals surface area (Å²) in [7, 11) is 0. The lowest BCUT2D eigenvalue weighted by Crippen LogP contribution is -2.45. The Morgan fingerprint density at radius 1 is 0.661 bits per heavy atom. The van der Waals surface area contributed by atoms with E-state index in [1.807, 2.05) is 169 Å². The predicted octanol–water partition coefficient (Wildman–Crippen LogP) is 12.2. The van der Waals surface area contributed by atoms with Gasteiger partial charge < -0.3 is 19.8 Å². The van der Waals surface area contributed by atoms with E-state index in [1.165, 1.54) is 0 Å². The molecule has 0 bridgehead atoms. The summed E-state index contributed by atoms with van der Waals surface area (Å²) < 4.78 is 5.17. The van der Waals surface area contributed by atoms with Crippen molar-refractivity contribution >= 4 is 29.0 Å². The summed E-state index contributed by atoms with van der Waals surface area (Å²) in [4.78, 5) is 39.2. The van der Waals surface area contributed by atoms with Gasteiger partial charge in [0, 0.05) is 59.8 Å². The number of ether oxygens (including phenoxy) is 1. The zero-order valence-electron chi connectivity index (χ0n) is 41.5. The van der Waals surface area contributed by atoms with E-state index in [-0.39, 0.29) is 40.6 Å². The lowest BCUT2D eigenvalue weighted by Gasteiger charge is -2.32. The smallest absolute Gasteiger partial charge is 0.236 e. The third-order valence-electron chi connectivity index (χ3n) is 8.03. The van der Waals surface area contributed by atoms with Crippen molar-refractivity contribution in [1.82, 2.24) is 4.90 Å². The van der Waals surface area contributed by atoms with Crippen molar-refractivity contribution in [3.05, 3.63) is 73.3 Å². The number of anilines is 2. The number of aliphatic hydroxyl groups is 2. The van der Waals surface area contributed by atoms with Gasteiger partial charge in [0.05, 0.1) is 13.2 Å². The SMILES string of the molecule is C=CC(C)(C)C.CC(C)(C)C(=O)N(c1ccccc1)c1ccccc1.CC(C)(C)C(=O)N1CCOCC1.CC(C)(C)CCO.CC(C)(C)CO.CC(C)C(=O)C(C)(C)C. The van der Waals surface area contributed by atoms with Gasteiger partial charge in [0.2, 0.25) is 11.8 Å². The predicted molar refractivity (Wildman–Crippen MR) is 253 cm³/mol. The molecule has 2 amide bonds. The van der Waals surface area contributed by atoms with Crippen molar-refractivity contribution in [2.75, 3.05) is 44.4 Å². The van der Waals surface area contributed by atoms with Crippen LogP contribution in [0, 0.1) is 38.4 Å². The van der Waals surface area contributed by atoms with E-state index in [1.54, 1.807) is 4.90 Å². The Hall–Kier alpha value is -3.33. The van der Waals surface area contributed by atoms with E-state index in [2.05, 4.69) is 48.1 Å². The molecule has 1 fully saturated rings. The number of hydrogen-bond acceptors (Lipinski definition) is 6. The molecule has 8 nitrogen and oxygen atoms in total. The van der Waals surface area contributed by atoms with Crippen LogP contribution in [-0.4, -0.2) is 72.2 Å². The first-order valence-corrected chi connectivity index (χ1v) is 21.3. The van der Waals surface area contributed by atoms with Crippen LogP contribution in [0.5, 0.6) is 0 Å². The molecule has 8 heteroatoms. The van der Waals surface area contributed by atoms with Crippen molar-refractivity contribution in [3.63, 3.8) is 0 Å². The van der Waals surface area contributed by atoms with Crippen molar-refractivity contribution < 1.29 is 29.3 Å². The van der Waals surface area contributed by atoms with Gasteiger partial charge in [0.1, 0.15) is 5.78 Å².